The van der Waals surface area contributed by atoms with Crippen molar-refractivity contribution in [2.75, 3.05) is 39.2 Å². The summed E-state index contributed by atoms with van der Waals surface area (Å²) in [6, 6.07) is 10.9. The van der Waals surface area contributed by atoms with E-state index in [2.05, 4.69) is 20.9 Å². The highest BCUT2D eigenvalue weighted by molar-refractivity contribution is 9.10. The number of ether oxygens (including phenoxy) is 1. The van der Waals surface area contributed by atoms with Gasteiger partial charge in [0.15, 0.2) is 5.13 Å². The summed E-state index contributed by atoms with van der Waals surface area (Å²) in [4.78, 5) is 21.6. The maximum atomic E-state index is 13.2. The summed E-state index contributed by atoms with van der Waals surface area (Å²) < 4.78 is 7.14. The minimum atomic E-state index is -0.0986. The molecule has 9 heteroatoms. The first-order chi connectivity index (χ1) is 12.9. The van der Waals surface area contributed by atoms with Crippen molar-refractivity contribution in [1.82, 2.24) is 9.88 Å². The lowest BCUT2D eigenvalue weighted by atomic mass is 10.2. The van der Waals surface area contributed by atoms with E-state index in [-0.39, 0.29) is 18.3 Å². The zero-order valence-corrected chi connectivity index (χ0v) is 19.6. The molecule has 0 spiro atoms. The molecular formula is C19H20BrCl2N3O2S. The molecule has 2 aromatic carbocycles. The standard InChI is InChI=1S/C19H19BrClN3O2S.ClH/c1-23(2)10-11-24(18(25)12-4-6-13(20)7-5-12)19-22-16-15(26-3)9-8-14(21)17(16)27-19;/h4-9H,10-11H2,1-3H3;1H. The van der Waals surface area contributed by atoms with Crippen molar-refractivity contribution in [2.45, 2.75) is 0 Å². The van der Waals surface area contributed by atoms with Gasteiger partial charge in [-0.2, -0.15) is 0 Å². The summed E-state index contributed by atoms with van der Waals surface area (Å²) in [5, 5.41) is 1.20. The number of likely N-dealkylation sites (N-methyl/N-ethyl adjacent to an activating group) is 1. The van der Waals surface area contributed by atoms with E-state index < -0.39 is 0 Å². The summed E-state index contributed by atoms with van der Waals surface area (Å²) >= 11 is 11.1. The van der Waals surface area contributed by atoms with E-state index >= 15 is 0 Å². The van der Waals surface area contributed by atoms with Crippen LogP contribution in [-0.2, 0) is 0 Å². The molecule has 0 saturated carbocycles. The molecule has 0 radical (unpaired) electrons. The zero-order chi connectivity index (χ0) is 19.6. The normalized spacial score (nSPS) is 10.8. The number of anilines is 1. The molecule has 0 aliphatic rings. The fourth-order valence-electron chi connectivity index (χ4n) is 2.55. The monoisotopic (exact) mass is 503 g/mol. The fourth-order valence-corrected chi connectivity index (χ4v) is 4.10. The lowest BCUT2D eigenvalue weighted by Crippen LogP contribution is -2.36. The molecule has 0 aliphatic heterocycles. The number of methoxy groups -OCH3 is 1. The second-order valence-corrected chi connectivity index (χ2v) is 8.49. The number of carbonyl (C=O) groups excluding carboxylic acids is 1. The summed E-state index contributed by atoms with van der Waals surface area (Å²) in [6.07, 6.45) is 0. The molecule has 0 N–H and O–H groups in total. The van der Waals surface area contributed by atoms with Gasteiger partial charge < -0.3 is 9.64 Å². The van der Waals surface area contributed by atoms with Crippen LogP contribution >= 0.6 is 51.3 Å². The number of benzene rings is 2. The van der Waals surface area contributed by atoms with Crippen molar-refractivity contribution < 1.29 is 9.53 Å². The minimum absolute atomic E-state index is 0. The first-order valence-corrected chi connectivity index (χ1v) is 10.2. The number of hydrogen-bond donors (Lipinski definition) is 0. The predicted octanol–water partition coefficient (Wildman–Crippen LogP) is 5.35. The zero-order valence-electron chi connectivity index (χ0n) is 15.6. The van der Waals surface area contributed by atoms with Gasteiger partial charge in [-0.15, -0.1) is 12.4 Å². The molecule has 0 bridgehead atoms. The third-order valence-electron chi connectivity index (χ3n) is 4.01. The third kappa shape index (κ3) is 4.96. The number of rotatable bonds is 6. The average molecular weight is 505 g/mol. The number of halogens is 3. The van der Waals surface area contributed by atoms with Gasteiger partial charge >= 0.3 is 0 Å². The largest absolute Gasteiger partial charge is 0.494 e. The smallest absolute Gasteiger partial charge is 0.260 e. The molecular weight excluding hydrogens is 485 g/mol. The Balaban J connectivity index is 0.00000280. The van der Waals surface area contributed by atoms with E-state index in [0.717, 1.165) is 9.17 Å². The van der Waals surface area contributed by atoms with Crippen molar-refractivity contribution in [2.24, 2.45) is 0 Å². The van der Waals surface area contributed by atoms with Crippen LogP contribution in [0.3, 0.4) is 0 Å². The van der Waals surface area contributed by atoms with Crippen LogP contribution in [-0.4, -0.2) is 50.1 Å². The molecule has 1 amide bonds. The second-order valence-electron chi connectivity index (χ2n) is 6.19. The Bertz CT molecular complexity index is 964. The van der Waals surface area contributed by atoms with E-state index in [1.165, 1.54) is 11.3 Å². The van der Waals surface area contributed by atoms with Crippen LogP contribution in [0.1, 0.15) is 10.4 Å². The van der Waals surface area contributed by atoms with Gasteiger partial charge in [0, 0.05) is 23.1 Å². The molecule has 0 saturated heterocycles. The van der Waals surface area contributed by atoms with E-state index in [1.807, 2.05) is 31.1 Å². The van der Waals surface area contributed by atoms with E-state index in [0.29, 0.717) is 40.1 Å². The Morgan fingerprint density at radius 1 is 1.18 bits per heavy atom. The summed E-state index contributed by atoms with van der Waals surface area (Å²) in [5.74, 6) is 0.541. The molecule has 3 rings (SSSR count). The van der Waals surface area contributed by atoms with Gasteiger partial charge in [0.05, 0.1) is 16.8 Å². The van der Waals surface area contributed by atoms with Gasteiger partial charge in [-0.25, -0.2) is 4.98 Å². The van der Waals surface area contributed by atoms with Crippen molar-refractivity contribution >= 4 is 72.5 Å². The molecule has 150 valence electrons. The summed E-state index contributed by atoms with van der Waals surface area (Å²) in [7, 11) is 5.54. The highest BCUT2D eigenvalue weighted by Crippen LogP contribution is 2.39. The molecule has 0 atom stereocenters. The molecule has 5 nitrogen and oxygen atoms in total. The van der Waals surface area contributed by atoms with Crippen molar-refractivity contribution in [1.29, 1.82) is 0 Å². The lowest BCUT2D eigenvalue weighted by Gasteiger charge is -2.22. The molecule has 28 heavy (non-hydrogen) atoms. The maximum Gasteiger partial charge on any atom is 0.260 e. The highest BCUT2D eigenvalue weighted by Gasteiger charge is 2.23. The minimum Gasteiger partial charge on any atom is -0.494 e. The Morgan fingerprint density at radius 2 is 1.86 bits per heavy atom. The van der Waals surface area contributed by atoms with Crippen LogP contribution < -0.4 is 9.64 Å². The van der Waals surface area contributed by atoms with E-state index in [1.54, 1.807) is 36.3 Å². The van der Waals surface area contributed by atoms with E-state index in [9.17, 15) is 4.79 Å². The first-order valence-electron chi connectivity index (χ1n) is 8.26. The second kappa shape index (κ2) is 9.89. The van der Waals surface area contributed by atoms with Gasteiger partial charge in [-0.3, -0.25) is 9.69 Å². The number of aromatic nitrogens is 1. The molecule has 0 fully saturated rings. The predicted molar refractivity (Wildman–Crippen MR) is 123 cm³/mol. The van der Waals surface area contributed by atoms with Gasteiger partial charge in [-0.05, 0) is 50.5 Å². The Hall–Kier alpha value is -1.38. The average Bonchev–Trinajstić information content (AvgIpc) is 3.08. The number of amides is 1. The summed E-state index contributed by atoms with van der Waals surface area (Å²) in [6.45, 7) is 1.23. The van der Waals surface area contributed by atoms with Gasteiger partial charge in [0.25, 0.3) is 5.91 Å². The van der Waals surface area contributed by atoms with Crippen LogP contribution in [0.5, 0.6) is 5.75 Å². The molecule has 0 unspecified atom stereocenters. The molecule has 3 aromatic rings. The van der Waals surface area contributed by atoms with E-state index in [4.69, 9.17) is 16.3 Å². The van der Waals surface area contributed by atoms with Crippen LogP contribution in [0.4, 0.5) is 5.13 Å². The van der Waals surface area contributed by atoms with Gasteiger partial charge in [-0.1, -0.05) is 38.9 Å². The Kier molecular flexibility index (Phi) is 8.09. The Morgan fingerprint density at radius 3 is 2.46 bits per heavy atom. The SMILES string of the molecule is COc1ccc(Cl)c2sc(N(CCN(C)C)C(=O)c3ccc(Br)cc3)nc12.Cl. The number of carbonyl (C=O) groups is 1. The number of fused-ring (bicyclic) bond motifs is 1. The quantitative estimate of drug-likeness (QED) is 0.453. The Labute approximate surface area is 187 Å². The fraction of sp³-hybridized carbons (Fsp3) is 0.263. The first kappa shape index (κ1) is 22.9. The van der Waals surface area contributed by atoms with Gasteiger partial charge in [0.2, 0.25) is 0 Å². The topological polar surface area (TPSA) is 45.7 Å². The lowest BCUT2D eigenvalue weighted by molar-refractivity contribution is 0.0985. The number of hydrogen-bond acceptors (Lipinski definition) is 5. The summed E-state index contributed by atoms with van der Waals surface area (Å²) in [5.41, 5.74) is 1.28. The highest BCUT2D eigenvalue weighted by atomic mass is 79.9. The molecule has 1 heterocycles. The van der Waals surface area contributed by atoms with Crippen LogP contribution in [0.2, 0.25) is 5.02 Å². The third-order valence-corrected chi connectivity index (χ3v) is 6.07. The van der Waals surface area contributed by atoms with Crippen molar-refractivity contribution in [3.8, 4) is 5.75 Å². The molecule has 1 aromatic heterocycles. The van der Waals surface area contributed by atoms with Crippen LogP contribution in [0, 0.1) is 0 Å². The van der Waals surface area contributed by atoms with Crippen molar-refractivity contribution in [3.05, 3.63) is 51.5 Å². The number of nitrogens with zero attached hydrogens (tertiary/aromatic N) is 3. The number of thiazole rings is 1. The van der Waals surface area contributed by atoms with Crippen molar-refractivity contribution in [3.63, 3.8) is 0 Å². The maximum absolute atomic E-state index is 13.2. The van der Waals surface area contributed by atoms with Crippen LogP contribution in [0.25, 0.3) is 10.2 Å². The van der Waals surface area contributed by atoms with Crippen LogP contribution in [0.15, 0.2) is 40.9 Å². The molecule has 0 aliphatic carbocycles. The van der Waals surface area contributed by atoms with Gasteiger partial charge in [0.1, 0.15) is 11.3 Å².